The first-order chi connectivity index (χ1) is 14.2. The van der Waals surface area contributed by atoms with Crippen molar-refractivity contribution in [1.82, 2.24) is 10.2 Å². The summed E-state index contributed by atoms with van der Waals surface area (Å²) in [6.07, 6.45) is 0.235. The van der Waals surface area contributed by atoms with Gasteiger partial charge in [-0.1, -0.05) is 29.3 Å². The number of halogens is 2. The lowest BCUT2D eigenvalue weighted by Crippen LogP contribution is -2.46. The van der Waals surface area contributed by atoms with E-state index in [0.717, 1.165) is 10.5 Å². The molecule has 0 aliphatic carbocycles. The molecule has 1 saturated heterocycles. The maximum absolute atomic E-state index is 12.9. The summed E-state index contributed by atoms with van der Waals surface area (Å²) in [6, 6.07) is 9.29. The van der Waals surface area contributed by atoms with Crippen molar-refractivity contribution in [2.75, 3.05) is 18.7 Å². The van der Waals surface area contributed by atoms with Crippen LogP contribution in [0, 0.1) is 0 Å². The quantitative estimate of drug-likeness (QED) is 0.682. The van der Waals surface area contributed by atoms with Gasteiger partial charge < -0.3 is 20.1 Å². The SMILES string of the molecule is CC1(Cc2ccc3c(c2)OCO3)NC(=O)N(CC(=O)Nc2ccc(Cl)c(Cl)c2)C1=O. The van der Waals surface area contributed by atoms with Crippen molar-refractivity contribution < 1.29 is 23.9 Å². The lowest BCUT2D eigenvalue weighted by atomic mass is 9.92. The smallest absolute Gasteiger partial charge is 0.325 e. The third kappa shape index (κ3) is 3.88. The van der Waals surface area contributed by atoms with Crippen LogP contribution in [0.1, 0.15) is 12.5 Å². The predicted octanol–water partition coefficient (Wildman–Crippen LogP) is 3.21. The summed E-state index contributed by atoms with van der Waals surface area (Å²) in [5, 5.41) is 5.90. The molecule has 0 saturated carbocycles. The summed E-state index contributed by atoms with van der Waals surface area (Å²) >= 11 is 11.8. The van der Waals surface area contributed by atoms with Crippen LogP contribution in [-0.4, -0.2) is 41.6 Å². The van der Waals surface area contributed by atoms with E-state index in [1.807, 2.05) is 0 Å². The zero-order chi connectivity index (χ0) is 21.5. The molecule has 2 aliphatic heterocycles. The van der Waals surface area contributed by atoms with Gasteiger partial charge in [-0.15, -0.1) is 0 Å². The van der Waals surface area contributed by atoms with Gasteiger partial charge in [0.2, 0.25) is 12.7 Å². The number of hydrogen-bond acceptors (Lipinski definition) is 5. The van der Waals surface area contributed by atoms with E-state index in [1.54, 1.807) is 31.2 Å². The Morgan fingerprint density at radius 2 is 1.90 bits per heavy atom. The highest BCUT2D eigenvalue weighted by atomic mass is 35.5. The second-order valence-corrected chi connectivity index (χ2v) is 8.01. The van der Waals surface area contributed by atoms with E-state index in [1.165, 1.54) is 12.1 Å². The summed E-state index contributed by atoms with van der Waals surface area (Å²) in [5.41, 5.74) is 0.0105. The molecule has 2 N–H and O–H groups in total. The van der Waals surface area contributed by atoms with Gasteiger partial charge in [-0.3, -0.25) is 14.5 Å². The first kappa shape index (κ1) is 20.3. The Morgan fingerprint density at radius 1 is 1.13 bits per heavy atom. The first-order valence-electron chi connectivity index (χ1n) is 9.03. The number of carbonyl (C=O) groups excluding carboxylic acids is 3. The molecule has 1 unspecified atom stereocenters. The number of fused-ring (bicyclic) bond motifs is 1. The molecule has 0 aromatic heterocycles. The second kappa shape index (κ2) is 7.70. The molecule has 4 amide bonds. The van der Waals surface area contributed by atoms with E-state index in [9.17, 15) is 14.4 Å². The average Bonchev–Trinajstić information content (AvgIpc) is 3.23. The fourth-order valence-corrected chi connectivity index (χ4v) is 3.69. The minimum atomic E-state index is -1.19. The molecule has 8 nitrogen and oxygen atoms in total. The van der Waals surface area contributed by atoms with Crippen molar-refractivity contribution in [1.29, 1.82) is 0 Å². The zero-order valence-corrected chi connectivity index (χ0v) is 17.3. The fourth-order valence-electron chi connectivity index (χ4n) is 3.39. The Bertz CT molecular complexity index is 1060. The van der Waals surface area contributed by atoms with Crippen molar-refractivity contribution in [3.63, 3.8) is 0 Å². The summed E-state index contributed by atoms with van der Waals surface area (Å²) < 4.78 is 10.6. The van der Waals surface area contributed by atoms with Crippen molar-refractivity contribution >= 4 is 46.7 Å². The summed E-state index contributed by atoms with van der Waals surface area (Å²) in [5.74, 6) is 0.190. The highest BCUT2D eigenvalue weighted by molar-refractivity contribution is 6.42. The molecular formula is C20H17Cl2N3O5. The maximum Gasteiger partial charge on any atom is 0.325 e. The van der Waals surface area contributed by atoms with Crippen LogP contribution in [0.4, 0.5) is 10.5 Å². The summed E-state index contributed by atoms with van der Waals surface area (Å²) in [7, 11) is 0. The third-order valence-electron chi connectivity index (χ3n) is 4.84. The molecule has 2 aromatic carbocycles. The Balaban J connectivity index is 1.43. The van der Waals surface area contributed by atoms with Crippen LogP contribution < -0.4 is 20.1 Å². The van der Waals surface area contributed by atoms with E-state index >= 15 is 0 Å². The van der Waals surface area contributed by atoms with Gasteiger partial charge in [0.25, 0.3) is 5.91 Å². The van der Waals surface area contributed by atoms with Crippen molar-refractivity contribution in [2.45, 2.75) is 18.9 Å². The summed E-state index contributed by atoms with van der Waals surface area (Å²) in [4.78, 5) is 38.6. The number of hydrogen-bond donors (Lipinski definition) is 2. The van der Waals surface area contributed by atoms with Crippen LogP contribution in [0.2, 0.25) is 10.0 Å². The van der Waals surface area contributed by atoms with Gasteiger partial charge in [-0.2, -0.15) is 0 Å². The molecule has 2 aliphatic rings. The second-order valence-electron chi connectivity index (χ2n) is 7.20. The van der Waals surface area contributed by atoms with Crippen LogP contribution in [0.3, 0.4) is 0 Å². The van der Waals surface area contributed by atoms with Crippen molar-refractivity contribution in [3.05, 3.63) is 52.0 Å². The number of amides is 4. The monoisotopic (exact) mass is 449 g/mol. The lowest BCUT2D eigenvalue weighted by Gasteiger charge is -2.22. The van der Waals surface area contributed by atoms with E-state index < -0.39 is 29.9 Å². The van der Waals surface area contributed by atoms with Gasteiger partial charge in [0, 0.05) is 12.1 Å². The number of ether oxygens (including phenoxy) is 2. The van der Waals surface area contributed by atoms with Crippen molar-refractivity contribution in [3.8, 4) is 11.5 Å². The number of nitrogens with zero attached hydrogens (tertiary/aromatic N) is 1. The average molecular weight is 450 g/mol. The molecule has 1 fully saturated rings. The van der Waals surface area contributed by atoms with Crippen LogP contribution >= 0.6 is 23.2 Å². The minimum absolute atomic E-state index is 0.146. The lowest BCUT2D eigenvalue weighted by molar-refractivity contribution is -0.133. The number of imide groups is 1. The Hall–Kier alpha value is -2.97. The number of carbonyl (C=O) groups is 3. The van der Waals surface area contributed by atoms with E-state index in [4.69, 9.17) is 32.7 Å². The van der Waals surface area contributed by atoms with Crippen molar-refractivity contribution in [2.24, 2.45) is 0 Å². The largest absolute Gasteiger partial charge is 0.454 e. The standard InChI is InChI=1S/C20H17Cl2N3O5/c1-20(8-11-2-5-15-16(6-11)30-10-29-15)18(27)25(19(28)24-20)9-17(26)23-12-3-4-13(21)14(22)7-12/h2-7H,8-10H2,1H3,(H,23,26)(H,24,28). The van der Waals surface area contributed by atoms with Gasteiger partial charge in [0.1, 0.15) is 12.1 Å². The minimum Gasteiger partial charge on any atom is -0.454 e. The van der Waals surface area contributed by atoms with Gasteiger partial charge in [0.15, 0.2) is 11.5 Å². The topological polar surface area (TPSA) is 97.0 Å². The highest BCUT2D eigenvalue weighted by Gasteiger charge is 2.48. The molecule has 2 heterocycles. The summed E-state index contributed by atoms with van der Waals surface area (Å²) in [6.45, 7) is 1.34. The Kier molecular flexibility index (Phi) is 5.21. The molecule has 156 valence electrons. The van der Waals surface area contributed by atoms with E-state index in [0.29, 0.717) is 22.2 Å². The maximum atomic E-state index is 12.9. The number of benzene rings is 2. The molecule has 10 heteroatoms. The van der Waals surface area contributed by atoms with E-state index in [-0.39, 0.29) is 18.2 Å². The molecule has 0 bridgehead atoms. The normalized spacial score (nSPS) is 19.8. The predicted molar refractivity (Wildman–Crippen MR) is 110 cm³/mol. The molecule has 30 heavy (non-hydrogen) atoms. The highest BCUT2D eigenvalue weighted by Crippen LogP contribution is 2.34. The van der Waals surface area contributed by atoms with Gasteiger partial charge >= 0.3 is 6.03 Å². The van der Waals surface area contributed by atoms with Gasteiger partial charge in [0.05, 0.1) is 10.0 Å². The molecule has 0 radical (unpaired) electrons. The van der Waals surface area contributed by atoms with Crippen LogP contribution in [0.15, 0.2) is 36.4 Å². The molecule has 0 spiro atoms. The van der Waals surface area contributed by atoms with Crippen LogP contribution in [0.5, 0.6) is 11.5 Å². The Morgan fingerprint density at radius 3 is 2.67 bits per heavy atom. The van der Waals surface area contributed by atoms with Crippen LogP contribution in [-0.2, 0) is 16.0 Å². The molecular weight excluding hydrogens is 433 g/mol. The number of nitrogens with one attached hydrogen (secondary N) is 2. The Labute approximate surface area is 182 Å². The third-order valence-corrected chi connectivity index (χ3v) is 5.58. The fraction of sp³-hybridized carbons (Fsp3) is 0.250. The molecule has 2 aromatic rings. The molecule has 1 atom stereocenters. The number of anilines is 1. The van der Waals surface area contributed by atoms with Gasteiger partial charge in [-0.25, -0.2) is 4.79 Å². The van der Waals surface area contributed by atoms with Gasteiger partial charge in [-0.05, 0) is 42.8 Å². The van der Waals surface area contributed by atoms with E-state index in [2.05, 4.69) is 10.6 Å². The number of urea groups is 1. The number of rotatable bonds is 5. The molecule has 4 rings (SSSR count). The van der Waals surface area contributed by atoms with Crippen LogP contribution in [0.25, 0.3) is 0 Å². The zero-order valence-electron chi connectivity index (χ0n) is 15.8. The first-order valence-corrected chi connectivity index (χ1v) is 9.78.